The largest absolute Gasteiger partial charge is 0.385 e. The molecule has 1 amide bonds. The van der Waals surface area contributed by atoms with E-state index in [0.29, 0.717) is 24.3 Å². The fraction of sp³-hybridized carbons (Fsp3) is 0.793. The zero-order valence-electron chi connectivity index (χ0n) is 22.2. The van der Waals surface area contributed by atoms with Gasteiger partial charge in [0.2, 0.25) is 0 Å². The van der Waals surface area contributed by atoms with Crippen LogP contribution >= 0.6 is 0 Å². The van der Waals surface area contributed by atoms with Crippen LogP contribution < -0.4 is 5.32 Å². The van der Waals surface area contributed by atoms with Crippen molar-refractivity contribution in [1.29, 1.82) is 0 Å². The van der Waals surface area contributed by atoms with Crippen molar-refractivity contribution in [2.75, 3.05) is 32.8 Å². The van der Waals surface area contributed by atoms with Crippen molar-refractivity contribution in [1.82, 2.24) is 10.2 Å². The van der Waals surface area contributed by atoms with Crippen molar-refractivity contribution in [3.05, 3.63) is 11.6 Å². The average molecular weight is 484 g/mol. The second-order valence-corrected chi connectivity index (χ2v) is 11.7. The number of carbonyl (C=O) groups is 1. The van der Waals surface area contributed by atoms with Crippen molar-refractivity contribution in [2.45, 2.75) is 84.7 Å². The summed E-state index contributed by atoms with van der Waals surface area (Å²) in [6, 6.07) is 0. The summed E-state index contributed by atoms with van der Waals surface area (Å²) in [5.41, 5.74) is 1.53. The minimum atomic E-state index is -0.943. The normalized spacial score (nSPS) is 39.3. The maximum absolute atomic E-state index is 12.1. The highest BCUT2D eigenvalue weighted by Gasteiger charge is 2.63. The predicted molar refractivity (Wildman–Crippen MR) is 140 cm³/mol. The molecule has 6 heteroatoms. The van der Waals surface area contributed by atoms with E-state index >= 15 is 0 Å². The molecule has 0 aromatic carbocycles. The number of allylic oxidation sites excluding steroid dienone is 2. The summed E-state index contributed by atoms with van der Waals surface area (Å²) in [6.45, 7) is 12.4. The summed E-state index contributed by atoms with van der Waals surface area (Å²) in [7, 11) is 0. The van der Waals surface area contributed by atoms with Crippen LogP contribution in [-0.2, 0) is 9.63 Å². The van der Waals surface area contributed by atoms with Crippen LogP contribution in [0.2, 0.25) is 0 Å². The summed E-state index contributed by atoms with van der Waals surface area (Å²) in [5.74, 6) is 4.44. The summed E-state index contributed by atoms with van der Waals surface area (Å²) >= 11 is 0. The van der Waals surface area contributed by atoms with Crippen LogP contribution in [0.4, 0.5) is 0 Å². The summed E-state index contributed by atoms with van der Waals surface area (Å²) in [4.78, 5) is 19.8. The Morgan fingerprint density at radius 2 is 1.94 bits per heavy atom. The van der Waals surface area contributed by atoms with Gasteiger partial charge in [0.25, 0.3) is 5.91 Å². The molecule has 5 unspecified atom stereocenters. The molecule has 3 saturated carbocycles. The van der Waals surface area contributed by atoms with E-state index < -0.39 is 5.60 Å². The lowest BCUT2D eigenvalue weighted by atomic mass is 9.46. The molecular weight excluding hydrogens is 438 g/mol. The third kappa shape index (κ3) is 4.67. The Kier molecular flexibility index (Phi) is 7.69. The van der Waals surface area contributed by atoms with E-state index in [1.165, 1.54) is 5.57 Å². The molecule has 4 rings (SSSR count). The second-order valence-electron chi connectivity index (χ2n) is 11.7. The lowest BCUT2D eigenvalue weighted by molar-refractivity contribution is -0.125. The molecule has 0 radical (unpaired) electrons. The maximum atomic E-state index is 12.1. The third-order valence-electron chi connectivity index (χ3n) is 10.4. The number of nitrogens with one attached hydrogen (secondary N) is 1. The highest BCUT2D eigenvalue weighted by Crippen LogP contribution is 2.67. The van der Waals surface area contributed by atoms with Crippen LogP contribution in [0.25, 0.3) is 0 Å². The quantitative estimate of drug-likeness (QED) is 0.402. The number of rotatable bonds is 8. The van der Waals surface area contributed by atoms with Crippen molar-refractivity contribution in [2.24, 2.45) is 33.7 Å². The zero-order chi connectivity index (χ0) is 25.3. The molecule has 0 spiro atoms. The minimum Gasteiger partial charge on any atom is -0.385 e. The fourth-order valence-electron chi connectivity index (χ4n) is 8.01. The van der Waals surface area contributed by atoms with Crippen LogP contribution in [0.1, 0.15) is 79.1 Å². The first-order valence-corrected chi connectivity index (χ1v) is 13.8. The number of terminal acetylenes is 1. The topological polar surface area (TPSA) is 74.2 Å². The Morgan fingerprint density at radius 3 is 2.66 bits per heavy atom. The Hall–Kier alpha value is -1.84. The first-order valence-electron chi connectivity index (χ1n) is 13.8. The number of carbonyl (C=O) groups excluding carboxylic acids is 1. The SMILES string of the molecule is C#C[C@]1(O)CCC2C3CCC4=C/C(=N/OCC(=O)NCCN(CC)CC)CCC4(C)C3CCC21C. The van der Waals surface area contributed by atoms with E-state index in [9.17, 15) is 9.90 Å². The van der Waals surface area contributed by atoms with E-state index in [4.69, 9.17) is 11.3 Å². The number of oxime groups is 1. The van der Waals surface area contributed by atoms with Gasteiger partial charge >= 0.3 is 0 Å². The number of fused-ring (bicyclic) bond motifs is 5. The molecule has 0 saturated heterocycles. The van der Waals surface area contributed by atoms with Crippen LogP contribution in [-0.4, -0.2) is 60.0 Å². The Morgan fingerprint density at radius 1 is 1.20 bits per heavy atom. The number of aliphatic hydroxyl groups is 1. The van der Waals surface area contributed by atoms with Crippen LogP contribution in [0, 0.1) is 40.9 Å². The van der Waals surface area contributed by atoms with Gasteiger partial charge in [-0.2, -0.15) is 0 Å². The third-order valence-corrected chi connectivity index (χ3v) is 10.4. The van der Waals surface area contributed by atoms with Crippen molar-refractivity contribution in [3.8, 4) is 12.3 Å². The molecule has 35 heavy (non-hydrogen) atoms. The molecule has 0 aromatic rings. The van der Waals surface area contributed by atoms with E-state index in [-0.39, 0.29) is 23.3 Å². The van der Waals surface area contributed by atoms with Crippen LogP contribution in [0.15, 0.2) is 16.8 Å². The summed E-state index contributed by atoms with van der Waals surface area (Å²) < 4.78 is 0. The van der Waals surface area contributed by atoms with Gasteiger partial charge in [-0.05, 0) is 93.7 Å². The van der Waals surface area contributed by atoms with Crippen molar-refractivity contribution >= 4 is 11.6 Å². The Bertz CT molecular complexity index is 903. The number of amides is 1. The average Bonchev–Trinajstić information content (AvgIpc) is 3.13. The number of hydrogen-bond acceptors (Lipinski definition) is 5. The molecule has 6 atom stereocenters. The van der Waals surface area contributed by atoms with E-state index in [2.05, 4.69) is 55.1 Å². The van der Waals surface area contributed by atoms with Crippen LogP contribution in [0.3, 0.4) is 0 Å². The van der Waals surface area contributed by atoms with Gasteiger partial charge in [-0.3, -0.25) is 4.79 Å². The smallest absolute Gasteiger partial charge is 0.260 e. The number of hydrogen-bond donors (Lipinski definition) is 2. The molecule has 0 heterocycles. The molecule has 3 fully saturated rings. The van der Waals surface area contributed by atoms with Gasteiger partial charge in [0.05, 0.1) is 5.71 Å². The Labute approximate surface area is 211 Å². The second kappa shape index (κ2) is 10.3. The maximum Gasteiger partial charge on any atom is 0.260 e. The van der Waals surface area contributed by atoms with Gasteiger partial charge in [-0.25, -0.2) is 0 Å². The van der Waals surface area contributed by atoms with Gasteiger partial charge in [-0.1, -0.05) is 44.3 Å². The minimum absolute atomic E-state index is 0.0365. The van der Waals surface area contributed by atoms with Gasteiger partial charge < -0.3 is 20.2 Å². The summed E-state index contributed by atoms with van der Waals surface area (Å²) in [6.07, 6.45) is 16.2. The number of nitrogens with zero attached hydrogens (tertiary/aromatic N) is 2. The monoisotopic (exact) mass is 483 g/mol. The van der Waals surface area contributed by atoms with Crippen molar-refractivity contribution < 1.29 is 14.7 Å². The van der Waals surface area contributed by atoms with E-state index in [1.54, 1.807) is 0 Å². The number of likely N-dealkylation sites (N-methyl/N-ethyl adjacent to an activating group) is 1. The van der Waals surface area contributed by atoms with E-state index in [1.807, 2.05) is 0 Å². The molecule has 0 aliphatic heterocycles. The first-order chi connectivity index (χ1) is 16.7. The van der Waals surface area contributed by atoms with Gasteiger partial charge in [-0.15, -0.1) is 6.42 Å². The molecule has 4 aliphatic carbocycles. The molecule has 2 N–H and O–H groups in total. The molecule has 194 valence electrons. The standard InChI is InChI=1S/C29H45N3O3/c1-6-29(34)16-13-25-23-10-9-21-19-22(11-14-27(21,4)24(23)12-15-28(25,29)5)31-35-20-26(33)30-17-18-32(7-2)8-3/h1,19,23-25,34H,7-18,20H2,2-5H3,(H,30,33)/b31-22+/t23?,24?,25?,27?,28?,29-/m0/s1. The van der Waals surface area contributed by atoms with Gasteiger partial charge in [0, 0.05) is 18.5 Å². The zero-order valence-corrected chi connectivity index (χ0v) is 22.2. The van der Waals surface area contributed by atoms with E-state index in [0.717, 1.165) is 76.7 Å². The predicted octanol–water partition coefficient (Wildman–Crippen LogP) is 4.14. The Balaban J connectivity index is 1.35. The lowest BCUT2D eigenvalue weighted by Crippen LogP contribution is -2.54. The molecule has 6 nitrogen and oxygen atoms in total. The van der Waals surface area contributed by atoms with Crippen molar-refractivity contribution in [3.63, 3.8) is 0 Å². The van der Waals surface area contributed by atoms with Crippen LogP contribution in [0.5, 0.6) is 0 Å². The molecule has 0 aromatic heterocycles. The first kappa shape index (κ1) is 26.2. The molecule has 4 aliphatic rings. The highest BCUT2D eigenvalue weighted by atomic mass is 16.6. The summed E-state index contributed by atoms with van der Waals surface area (Å²) in [5, 5.41) is 18.4. The highest BCUT2D eigenvalue weighted by molar-refractivity contribution is 5.96. The van der Waals surface area contributed by atoms with Gasteiger partial charge in [0.1, 0.15) is 5.60 Å². The van der Waals surface area contributed by atoms with Gasteiger partial charge in [0.15, 0.2) is 6.61 Å². The fourth-order valence-corrected chi connectivity index (χ4v) is 8.01. The molecule has 0 bridgehead atoms. The lowest BCUT2D eigenvalue weighted by Gasteiger charge is -2.58. The molecular formula is C29H45N3O3.